The molecule has 0 aliphatic heterocycles. The minimum Gasteiger partial charge on any atom is -0.464 e. The lowest BCUT2D eigenvalue weighted by molar-refractivity contribution is 0.182. The predicted octanol–water partition coefficient (Wildman–Crippen LogP) is 2.52. The molecule has 0 aliphatic carbocycles. The molecule has 2 heterocycles. The van der Waals surface area contributed by atoms with E-state index in [1.807, 2.05) is 24.3 Å². The van der Waals surface area contributed by atoms with Crippen molar-refractivity contribution in [2.75, 3.05) is 13.7 Å². The van der Waals surface area contributed by atoms with Gasteiger partial charge < -0.3 is 19.4 Å². The average Bonchev–Trinajstić information content (AvgIpc) is 3.10. The van der Waals surface area contributed by atoms with E-state index in [0.29, 0.717) is 24.7 Å². The highest BCUT2D eigenvalue weighted by Crippen LogP contribution is 2.29. The second-order valence-electron chi connectivity index (χ2n) is 4.49. The first-order valence-electron chi connectivity index (χ1n) is 6.34. The molecular weight excluding hydrogens is 258 g/mol. The molecule has 2 aromatic heterocycles. The van der Waals surface area contributed by atoms with Gasteiger partial charge in [-0.3, -0.25) is 0 Å². The lowest BCUT2D eigenvalue weighted by atomic mass is 10.1. The van der Waals surface area contributed by atoms with Gasteiger partial charge in [0.2, 0.25) is 11.7 Å². The van der Waals surface area contributed by atoms with E-state index >= 15 is 0 Å². The number of aromatic nitrogens is 2. The quantitative estimate of drug-likeness (QED) is 0.768. The van der Waals surface area contributed by atoms with Crippen LogP contribution in [0, 0.1) is 0 Å². The SMILES string of the molecule is COCCC(N)c1nc(-c2coc3ccccc23)no1. The number of benzene rings is 1. The number of hydrogen-bond acceptors (Lipinski definition) is 6. The molecule has 1 atom stereocenters. The van der Waals surface area contributed by atoms with Gasteiger partial charge in [-0.25, -0.2) is 0 Å². The summed E-state index contributed by atoms with van der Waals surface area (Å²) in [5.74, 6) is 0.889. The highest BCUT2D eigenvalue weighted by Gasteiger charge is 2.18. The van der Waals surface area contributed by atoms with Crippen LogP contribution in [0.5, 0.6) is 0 Å². The topological polar surface area (TPSA) is 87.3 Å². The zero-order chi connectivity index (χ0) is 13.9. The van der Waals surface area contributed by atoms with Gasteiger partial charge >= 0.3 is 0 Å². The van der Waals surface area contributed by atoms with E-state index in [9.17, 15) is 0 Å². The first-order valence-corrected chi connectivity index (χ1v) is 6.34. The van der Waals surface area contributed by atoms with Crippen molar-refractivity contribution in [1.29, 1.82) is 0 Å². The van der Waals surface area contributed by atoms with E-state index in [-0.39, 0.29) is 6.04 Å². The summed E-state index contributed by atoms with van der Waals surface area (Å²) in [7, 11) is 1.63. The molecule has 1 aromatic carbocycles. The fourth-order valence-corrected chi connectivity index (χ4v) is 2.01. The number of furan rings is 1. The zero-order valence-electron chi connectivity index (χ0n) is 11.1. The van der Waals surface area contributed by atoms with Crippen LogP contribution in [0.15, 0.2) is 39.5 Å². The van der Waals surface area contributed by atoms with E-state index in [2.05, 4.69) is 10.1 Å². The van der Waals surface area contributed by atoms with E-state index in [4.69, 9.17) is 19.4 Å². The predicted molar refractivity (Wildman–Crippen MR) is 72.9 cm³/mol. The Hall–Kier alpha value is -2.18. The third-order valence-corrected chi connectivity index (χ3v) is 3.11. The summed E-state index contributed by atoms with van der Waals surface area (Å²) >= 11 is 0. The van der Waals surface area contributed by atoms with Crippen LogP contribution in [0.2, 0.25) is 0 Å². The van der Waals surface area contributed by atoms with Crippen molar-refractivity contribution in [3.8, 4) is 11.4 Å². The van der Waals surface area contributed by atoms with Crippen LogP contribution < -0.4 is 5.73 Å². The van der Waals surface area contributed by atoms with Crippen molar-refractivity contribution in [1.82, 2.24) is 10.1 Å². The molecule has 0 saturated carbocycles. The van der Waals surface area contributed by atoms with Crippen molar-refractivity contribution >= 4 is 11.0 Å². The molecule has 3 aromatic rings. The van der Waals surface area contributed by atoms with Crippen molar-refractivity contribution < 1.29 is 13.7 Å². The Morgan fingerprint density at radius 2 is 2.20 bits per heavy atom. The van der Waals surface area contributed by atoms with Gasteiger partial charge in [0.05, 0.1) is 11.6 Å². The van der Waals surface area contributed by atoms with Crippen LogP contribution in [0.1, 0.15) is 18.4 Å². The number of ether oxygens (including phenoxy) is 1. The third kappa shape index (κ3) is 2.31. The van der Waals surface area contributed by atoms with Crippen LogP contribution in [-0.4, -0.2) is 23.9 Å². The number of nitrogens with zero attached hydrogens (tertiary/aromatic N) is 2. The van der Waals surface area contributed by atoms with Crippen LogP contribution in [-0.2, 0) is 4.74 Å². The Morgan fingerprint density at radius 3 is 3.05 bits per heavy atom. The largest absolute Gasteiger partial charge is 0.464 e. The molecule has 0 radical (unpaired) electrons. The van der Waals surface area contributed by atoms with Gasteiger partial charge in [-0.1, -0.05) is 23.4 Å². The standard InChI is InChI=1S/C14H15N3O3/c1-18-7-6-11(15)14-16-13(17-20-14)10-8-19-12-5-3-2-4-9(10)12/h2-5,8,11H,6-7,15H2,1H3. The minimum absolute atomic E-state index is 0.325. The monoisotopic (exact) mass is 273 g/mol. The van der Waals surface area contributed by atoms with Crippen LogP contribution >= 0.6 is 0 Å². The molecule has 104 valence electrons. The normalized spacial score (nSPS) is 12.9. The molecular formula is C14H15N3O3. The van der Waals surface area contributed by atoms with Gasteiger partial charge in [0.25, 0.3) is 0 Å². The van der Waals surface area contributed by atoms with Crippen LogP contribution in [0.25, 0.3) is 22.4 Å². The molecule has 2 N–H and O–H groups in total. The molecule has 0 bridgehead atoms. The molecule has 3 rings (SSSR count). The summed E-state index contributed by atoms with van der Waals surface area (Å²) in [6, 6.07) is 7.37. The van der Waals surface area contributed by atoms with E-state index < -0.39 is 0 Å². The van der Waals surface area contributed by atoms with E-state index in [1.165, 1.54) is 0 Å². The number of para-hydroxylation sites is 1. The van der Waals surface area contributed by atoms with Gasteiger partial charge in [0, 0.05) is 19.1 Å². The number of methoxy groups -OCH3 is 1. The number of rotatable bonds is 5. The molecule has 6 heteroatoms. The fraction of sp³-hybridized carbons (Fsp3) is 0.286. The summed E-state index contributed by atoms with van der Waals surface area (Å²) in [5, 5.41) is 4.92. The van der Waals surface area contributed by atoms with Gasteiger partial charge in [-0.15, -0.1) is 0 Å². The molecule has 0 spiro atoms. The maximum absolute atomic E-state index is 5.96. The highest BCUT2D eigenvalue weighted by atomic mass is 16.5. The lowest BCUT2D eigenvalue weighted by Crippen LogP contribution is -2.12. The van der Waals surface area contributed by atoms with Gasteiger partial charge in [-0.2, -0.15) is 4.98 Å². The first-order chi connectivity index (χ1) is 9.79. The maximum Gasteiger partial charge on any atom is 0.243 e. The zero-order valence-corrected chi connectivity index (χ0v) is 11.1. The Kier molecular flexibility index (Phi) is 3.49. The average molecular weight is 273 g/mol. The Bertz CT molecular complexity index is 704. The summed E-state index contributed by atoms with van der Waals surface area (Å²) < 4.78 is 15.7. The van der Waals surface area contributed by atoms with Crippen molar-refractivity contribution in [2.45, 2.75) is 12.5 Å². The third-order valence-electron chi connectivity index (χ3n) is 3.11. The lowest BCUT2D eigenvalue weighted by Gasteiger charge is -2.04. The molecule has 0 fully saturated rings. The van der Waals surface area contributed by atoms with Gasteiger partial charge in [0.15, 0.2) is 0 Å². The summed E-state index contributed by atoms with van der Waals surface area (Å²) in [6.07, 6.45) is 2.25. The Labute approximate surface area is 115 Å². The first kappa shape index (κ1) is 12.8. The number of nitrogens with two attached hydrogens (primary N) is 1. The smallest absolute Gasteiger partial charge is 0.243 e. The van der Waals surface area contributed by atoms with Crippen molar-refractivity contribution in [2.24, 2.45) is 5.73 Å². The van der Waals surface area contributed by atoms with Crippen LogP contribution in [0.3, 0.4) is 0 Å². The van der Waals surface area contributed by atoms with Gasteiger partial charge in [0.1, 0.15) is 11.8 Å². The van der Waals surface area contributed by atoms with Gasteiger partial charge in [-0.05, 0) is 12.5 Å². The Balaban J connectivity index is 1.90. The van der Waals surface area contributed by atoms with E-state index in [0.717, 1.165) is 16.5 Å². The molecule has 0 saturated heterocycles. The summed E-state index contributed by atoms with van der Waals surface area (Å²) in [6.45, 7) is 0.549. The fourth-order valence-electron chi connectivity index (χ4n) is 2.01. The van der Waals surface area contributed by atoms with Crippen molar-refractivity contribution in [3.05, 3.63) is 36.4 Å². The molecule has 6 nitrogen and oxygen atoms in total. The number of fused-ring (bicyclic) bond motifs is 1. The van der Waals surface area contributed by atoms with Crippen LogP contribution in [0.4, 0.5) is 0 Å². The van der Waals surface area contributed by atoms with Crippen molar-refractivity contribution in [3.63, 3.8) is 0 Å². The maximum atomic E-state index is 5.96. The molecule has 20 heavy (non-hydrogen) atoms. The molecule has 0 aliphatic rings. The second kappa shape index (κ2) is 5.44. The van der Waals surface area contributed by atoms with E-state index in [1.54, 1.807) is 13.4 Å². The highest BCUT2D eigenvalue weighted by molar-refractivity contribution is 5.91. The Morgan fingerprint density at radius 1 is 1.35 bits per heavy atom. The summed E-state index contributed by atoms with van der Waals surface area (Å²) in [5.41, 5.74) is 7.55. The molecule has 1 unspecified atom stereocenters. The minimum atomic E-state index is -0.325. The number of hydrogen-bond donors (Lipinski definition) is 1. The summed E-state index contributed by atoms with van der Waals surface area (Å²) in [4.78, 5) is 4.34. The molecule has 0 amide bonds. The second-order valence-corrected chi connectivity index (χ2v) is 4.49.